The summed E-state index contributed by atoms with van der Waals surface area (Å²) in [6.45, 7) is 0. The van der Waals surface area contributed by atoms with Crippen molar-refractivity contribution < 1.29 is 0 Å². The summed E-state index contributed by atoms with van der Waals surface area (Å²) in [5, 5.41) is 14.6. The molecule has 0 bridgehead atoms. The molecule has 0 unspecified atom stereocenters. The number of rotatable bonds is 4. The Morgan fingerprint density at radius 3 is 2.09 bits per heavy atom. The Balaban J connectivity index is 1.87. The van der Waals surface area contributed by atoms with Crippen molar-refractivity contribution in [2.75, 3.05) is 0 Å². The maximum Gasteiger partial charge on any atom is 0.293 e. The first-order chi connectivity index (χ1) is 15.8. The Morgan fingerprint density at radius 1 is 0.812 bits per heavy atom. The molecule has 0 N–H and O–H groups in total. The molecule has 3 aromatic carbocycles. The van der Waals surface area contributed by atoms with E-state index in [1.807, 2.05) is 109 Å². The van der Waals surface area contributed by atoms with Crippen LogP contribution < -0.4 is 5.56 Å². The number of fused-ring (bicyclic) bond motifs is 1. The highest BCUT2D eigenvalue weighted by atomic mass is 16.1. The molecule has 0 atom stereocenters. The van der Waals surface area contributed by atoms with Crippen molar-refractivity contribution in [2.45, 2.75) is 0 Å². The van der Waals surface area contributed by atoms with Gasteiger partial charge in [0.05, 0.1) is 11.4 Å². The average molecular weight is 415 g/mol. The minimum absolute atomic E-state index is 0.0179. The van der Waals surface area contributed by atoms with Crippen LogP contribution in [-0.2, 0) is 0 Å². The number of para-hydroxylation sites is 1. The summed E-state index contributed by atoms with van der Waals surface area (Å²) in [6.07, 6.45) is 3.80. The molecular weight excluding hydrogens is 398 g/mol. The molecule has 0 radical (unpaired) electrons. The SMILES string of the molecule is N#Cc1c(-c2ccccc2)n2c(C=Cc3ccccc3)nn(-c3ccccc3)c2nc1=O. The van der Waals surface area contributed by atoms with E-state index >= 15 is 0 Å². The van der Waals surface area contributed by atoms with Gasteiger partial charge >= 0.3 is 0 Å². The van der Waals surface area contributed by atoms with E-state index in [2.05, 4.69) is 4.98 Å². The van der Waals surface area contributed by atoms with Crippen LogP contribution in [0.5, 0.6) is 0 Å². The van der Waals surface area contributed by atoms with Gasteiger partial charge in [0.1, 0.15) is 11.6 Å². The molecule has 0 fully saturated rings. The molecule has 6 nitrogen and oxygen atoms in total. The summed E-state index contributed by atoms with van der Waals surface area (Å²) in [5.74, 6) is 0.891. The molecule has 2 aromatic heterocycles. The molecule has 2 heterocycles. The molecule has 152 valence electrons. The van der Waals surface area contributed by atoms with Crippen molar-refractivity contribution in [2.24, 2.45) is 0 Å². The van der Waals surface area contributed by atoms with E-state index in [1.54, 1.807) is 9.08 Å². The van der Waals surface area contributed by atoms with Crippen molar-refractivity contribution in [3.8, 4) is 23.0 Å². The number of aromatic nitrogens is 4. The molecule has 0 aliphatic heterocycles. The monoisotopic (exact) mass is 415 g/mol. The first-order valence-electron chi connectivity index (χ1n) is 10.1. The van der Waals surface area contributed by atoms with Gasteiger partial charge < -0.3 is 0 Å². The van der Waals surface area contributed by atoms with E-state index < -0.39 is 5.56 Å². The Kier molecular flexibility index (Phi) is 4.91. The van der Waals surface area contributed by atoms with Gasteiger partial charge in [0.15, 0.2) is 5.82 Å². The maximum absolute atomic E-state index is 12.8. The number of benzene rings is 3. The van der Waals surface area contributed by atoms with Crippen molar-refractivity contribution >= 4 is 17.9 Å². The van der Waals surface area contributed by atoms with Crippen LogP contribution in [0.1, 0.15) is 17.0 Å². The van der Waals surface area contributed by atoms with Gasteiger partial charge in [-0.25, -0.2) is 0 Å². The smallest absolute Gasteiger partial charge is 0.266 e. The van der Waals surface area contributed by atoms with Crippen LogP contribution in [0, 0.1) is 11.3 Å². The van der Waals surface area contributed by atoms with Crippen molar-refractivity contribution in [3.05, 3.63) is 118 Å². The van der Waals surface area contributed by atoms with Crippen LogP contribution in [0.2, 0.25) is 0 Å². The molecule has 0 aliphatic rings. The van der Waals surface area contributed by atoms with Gasteiger partial charge in [0.25, 0.3) is 5.56 Å². The molecule has 6 heteroatoms. The third kappa shape index (κ3) is 3.38. The minimum Gasteiger partial charge on any atom is -0.266 e. The van der Waals surface area contributed by atoms with E-state index in [9.17, 15) is 10.1 Å². The minimum atomic E-state index is -0.581. The Bertz CT molecular complexity index is 1530. The van der Waals surface area contributed by atoms with Crippen molar-refractivity contribution in [1.82, 2.24) is 19.2 Å². The summed E-state index contributed by atoms with van der Waals surface area (Å²) in [6, 6.07) is 30.8. The lowest BCUT2D eigenvalue weighted by Crippen LogP contribution is -2.17. The summed E-state index contributed by atoms with van der Waals surface area (Å²) in [4.78, 5) is 17.1. The molecule has 5 aromatic rings. The quantitative estimate of drug-likeness (QED) is 0.430. The third-order valence-corrected chi connectivity index (χ3v) is 5.08. The summed E-state index contributed by atoms with van der Waals surface area (Å²) in [7, 11) is 0. The van der Waals surface area contributed by atoms with E-state index in [4.69, 9.17) is 5.10 Å². The molecule has 0 saturated carbocycles. The lowest BCUT2D eigenvalue weighted by Gasteiger charge is -2.08. The van der Waals surface area contributed by atoms with Crippen LogP contribution in [0.15, 0.2) is 95.8 Å². The topological polar surface area (TPSA) is 76.0 Å². The Hall–Kier alpha value is -4.76. The maximum atomic E-state index is 12.8. The standard InChI is InChI=1S/C26H17N5O/c27-18-22-24(20-12-6-2-7-13-20)30-23(17-16-19-10-4-1-5-11-19)29-31(26(30)28-25(22)32)21-14-8-3-9-15-21/h1-17H. The van der Waals surface area contributed by atoms with Crippen LogP contribution in [0.3, 0.4) is 0 Å². The number of nitriles is 1. The lowest BCUT2D eigenvalue weighted by atomic mass is 10.1. The van der Waals surface area contributed by atoms with E-state index in [0.29, 0.717) is 17.3 Å². The van der Waals surface area contributed by atoms with Gasteiger partial charge in [0.2, 0.25) is 5.78 Å². The molecule has 5 rings (SSSR count). The molecule has 0 amide bonds. The highest BCUT2D eigenvalue weighted by molar-refractivity contribution is 5.73. The Labute approximate surface area is 184 Å². The zero-order chi connectivity index (χ0) is 21.9. The fraction of sp³-hybridized carbons (Fsp3) is 0. The largest absolute Gasteiger partial charge is 0.293 e. The number of nitrogens with zero attached hydrogens (tertiary/aromatic N) is 5. The summed E-state index contributed by atoms with van der Waals surface area (Å²) < 4.78 is 3.39. The van der Waals surface area contributed by atoms with Gasteiger partial charge in [-0.15, -0.1) is 5.10 Å². The zero-order valence-electron chi connectivity index (χ0n) is 17.0. The van der Waals surface area contributed by atoms with Gasteiger partial charge in [-0.1, -0.05) is 84.9 Å². The highest BCUT2D eigenvalue weighted by Gasteiger charge is 2.21. The fourth-order valence-corrected chi connectivity index (χ4v) is 3.62. The van der Waals surface area contributed by atoms with Crippen molar-refractivity contribution in [3.63, 3.8) is 0 Å². The molecule has 0 aliphatic carbocycles. The first kappa shape index (κ1) is 19.2. The van der Waals surface area contributed by atoms with Gasteiger partial charge in [-0.3, -0.25) is 9.20 Å². The van der Waals surface area contributed by atoms with Crippen LogP contribution in [0.4, 0.5) is 0 Å². The number of hydrogen-bond acceptors (Lipinski definition) is 4. The molecule has 32 heavy (non-hydrogen) atoms. The van der Waals surface area contributed by atoms with Crippen LogP contribution >= 0.6 is 0 Å². The number of hydrogen-bond donors (Lipinski definition) is 0. The second-order valence-corrected chi connectivity index (χ2v) is 7.10. The second kappa shape index (κ2) is 8.17. The normalized spacial score (nSPS) is 11.1. The Morgan fingerprint density at radius 2 is 1.44 bits per heavy atom. The summed E-state index contributed by atoms with van der Waals surface area (Å²) >= 11 is 0. The highest BCUT2D eigenvalue weighted by Crippen LogP contribution is 2.25. The zero-order valence-corrected chi connectivity index (χ0v) is 17.0. The molecular formula is C26H17N5O. The lowest BCUT2D eigenvalue weighted by molar-refractivity contribution is 0.888. The van der Waals surface area contributed by atoms with Crippen LogP contribution in [-0.4, -0.2) is 19.2 Å². The molecule has 0 spiro atoms. The fourth-order valence-electron chi connectivity index (χ4n) is 3.62. The predicted molar refractivity (Wildman–Crippen MR) is 124 cm³/mol. The second-order valence-electron chi connectivity index (χ2n) is 7.10. The van der Waals surface area contributed by atoms with Gasteiger partial charge in [-0.2, -0.15) is 14.9 Å². The molecule has 0 saturated heterocycles. The van der Waals surface area contributed by atoms with Crippen LogP contribution in [0.25, 0.3) is 34.9 Å². The van der Waals surface area contributed by atoms with E-state index in [0.717, 1.165) is 16.8 Å². The van der Waals surface area contributed by atoms with E-state index in [-0.39, 0.29) is 5.56 Å². The van der Waals surface area contributed by atoms with E-state index in [1.165, 1.54) is 0 Å². The predicted octanol–water partition coefficient (Wildman–Crippen LogP) is 4.59. The first-order valence-corrected chi connectivity index (χ1v) is 10.1. The van der Waals surface area contributed by atoms with Gasteiger partial charge in [0, 0.05) is 5.56 Å². The van der Waals surface area contributed by atoms with Crippen molar-refractivity contribution in [1.29, 1.82) is 5.26 Å². The third-order valence-electron chi connectivity index (χ3n) is 5.08. The summed E-state index contributed by atoms with van der Waals surface area (Å²) in [5.41, 5.74) is 2.38. The average Bonchev–Trinajstić information content (AvgIpc) is 3.21. The van der Waals surface area contributed by atoms with Gasteiger partial charge in [-0.05, 0) is 23.8 Å².